The van der Waals surface area contributed by atoms with Crippen molar-refractivity contribution in [3.8, 4) is 11.4 Å². The quantitative estimate of drug-likeness (QED) is 0.756. The molecule has 2 atom stereocenters. The minimum atomic E-state index is -0.397. The van der Waals surface area contributed by atoms with Gasteiger partial charge in [-0.05, 0) is 12.1 Å². The van der Waals surface area contributed by atoms with Crippen LogP contribution in [0.5, 0.6) is 0 Å². The van der Waals surface area contributed by atoms with Gasteiger partial charge in [0.25, 0.3) is 5.91 Å². The van der Waals surface area contributed by atoms with E-state index in [-0.39, 0.29) is 24.2 Å². The number of nitrogens with zero attached hydrogens (tertiary/aromatic N) is 2. The first kappa shape index (κ1) is 16.4. The molecule has 8 heteroatoms. The van der Waals surface area contributed by atoms with Gasteiger partial charge in [-0.1, -0.05) is 17.3 Å². The van der Waals surface area contributed by atoms with E-state index >= 15 is 0 Å². The van der Waals surface area contributed by atoms with Gasteiger partial charge in [-0.2, -0.15) is 4.98 Å². The van der Waals surface area contributed by atoms with E-state index in [1.807, 2.05) is 0 Å². The molecule has 7 nitrogen and oxygen atoms in total. The van der Waals surface area contributed by atoms with Crippen molar-refractivity contribution in [2.45, 2.75) is 6.10 Å². The lowest BCUT2D eigenvalue weighted by Crippen LogP contribution is -2.34. The van der Waals surface area contributed by atoms with Crippen molar-refractivity contribution in [1.82, 2.24) is 20.8 Å². The van der Waals surface area contributed by atoms with Crippen LogP contribution in [0.3, 0.4) is 0 Å². The molecular weight excluding hydrogens is 308 g/mol. The van der Waals surface area contributed by atoms with Crippen LogP contribution in [0.15, 0.2) is 35.2 Å². The molecule has 1 aromatic carbocycles. The number of benzene rings is 1. The van der Waals surface area contributed by atoms with Gasteiger partial charge in [-0.3, -0.25) is 4.79 Å². The molecule has 3 rings (SSSR count). The second-order valence-corrected chi connectivity index (χ2v) is 5.03. The highest BCUT2D eigenvalue weighted by Crippen LogP contribution is 2.15. The third kappa shape index (κ3) is 3.62. The second-order valence-electron chi connectivity index (χ2n) is 5.03. The van der Waals surface area contributed by atoms with E-state index in [2.05, 4.69) is 25.3 Å². The average molecular weight is 325 g/mol. The molecule has 0 bridgehead atoms. The molecule has 0 saturated carbocycles. The lowest BCUT2D eigenvalue weighted by molar-refractivity contribution is 0.0927. The smallest absolute Gasteiger partial charge is 0.251 e. The van der Waals surface area contributed by atoms with Crippen LogP contribution in [0.25, 0.3) is 11.4 Å². The fourth-order valence-electron chi connectivity index (χ4n) is 2.32. The summed E-state index contributed by atoms with van der Waals surface area (Å²) < 4.78 is 4.68. The maximum absolute atomic E-state index is 12.0. The van der Waals surface area contributed by atoms with E-state index in [0.29, 0.717) is 24.5 Å². The van der Waals surface area contributed by atoms with Crippen LogP contribution >= 0.6 is 12.4 Å². The standard InChI is InChI=1S/C14H16N4O3.ClH/c19-12-7-15-5-11(12)6-16-14(20)10-3-1-9(2-4-10)13-17-8-21-18-13;/h1-4,8,11-12,15,19H,5-7H2,(H,16,20);1H. The molecule has 2 aromatic rings. The molecule has 1 aromatic heterocycles. The molecule has 3 N–H and O–H groups in total. The van der Waals surface area contributed by atoms with Crippen molar-refractivity contribution in [3.63, 3.8) is 0 Å². The Balaban J connectivity index is 0.00000176. The zero-order valence-electron chi connectivity index (χ0n) is 11.7. The van der Waals surface area contributed by atoms with Crippen molar-refractivity contribution in [2.75, 3.05) is 19.6 Å². The van der Waals surface area contributed by atoms with Crippen LogP contribution in [0.1, 0.15) is 10.4 Å². The van der Waals surface area contributed by atoms with Gasteiger partial charge in [0.05, 0.1) is 6.10 Å². The first-order valence-electron chi connectivity index (χ1n) is 6.78. The van der Waals surface area contributed by atoms with Crippen LogP contribution in [0, 0.1) is 5.92 Å². The number of carbonyl (C=O) groups is 1. The average Bonchev–Trinajstić information content (AvgIpc) is 3.17. The van der Waals surface area contributed by atoms with E-state index < -0.39 is 6.10 Å². The van der Waals surface area contributed by atoms with Crippen LogP contribution < -0.4 is 10.6 Å². The van der Waals surface area contributed by atoms with Gasteiger partial charge in [0.1, 0.15) is 0 Å². The lowest BCUT2D eigenvalue weighted by Gasteiger charge is -2.14. The summed E-state index contributed by atoms with van der Waals surface area (Å²) in [6.07, 6.45) is 0.864. The van der Waals surface area contributed by atoms with Crippen LogP contribution in [0.4, 0.5) is 0 Å². The number of hydrogen-bond donors (Lipinski definition) is 3. The molecule has 1 saturated heterocycles. The Hall–Kier alpha value is -1.96. The predicted molar refractivity (Wildman–Crippen MR) is 81.7 cm³/mol. The number of carbonyl (C=O) groups excluding carboxylic acids is 1. The first-order valence-corrected chi connectivity index (χ1v) is 6.78. The summed E-state index contributed by atoms with van der Waals surface area (Å²) in [7, 11) is 0. The van der Waals surface area contributed by atoms with Gasteiger partial charge in [0.15, 0.2) is 0 Å². The monoisotopic (exact) mass is 324 g/mol. The maximum atomic E-state index is 12.0. The molecule has 2 heterocycles. The van der Waals surface area contributed by atoms with E-state index in [4.69, 9.17) is 0 Å². The molecule has 2 unspecified atom stereocenters. The number of hydrogen-bond acceptors (Lipinski definition) is 6. The van der Waals surface area contributed by atoms with Crippen molar-refractivity contribution in [3.05, 3.63) is 36.2 Å². The maximum Gasteiger partial charge on any atom is 0.251 e. The number of halogens is 1. The Bertz CT molecular complexity index is 603. The van der Waals surface area contributed by atoms with E-state index in [9.17, 15) is 9.90 Å². The number of nitrogens with one attached hydrogen (secondary N) is 2. The molecule has 1 amide bonds. The molecule has 0 spiro atoms. The van der Waals surface area contributed by atoms with Gasteiger partial charge < -0.3 is 20.3 Å². The number of aliphatic hydroxyl groups is 1. The summed E-state index contributed by atoms with van der Waals surface area (Å²) in [6, 6.07) is 6.96. The molecule has 1 aliphatic rings. The zero-order valence-corrected chi connectivity index (χ0v) is 12.5. The highest BCUT2D eigenvalue weighted by Gasteiger charge is 2.25. The molecule has 0 aliphatic carbocycles. The Morgan fingerprint density at radius 2 is 2.14 bits per heavy atom. The van der Waals surface area contributed by atoms with Crippen molar-refractivity contribution in [1.29, 1.82) is 0 Å². The van der Waals surface area contributed by atoms with Crippen molar-refractivity contribution < 1.29 is 14.4 Å². The molecule has 118 valence electrons. The SMILES string of the molecule is Cl.O=C(NCC1CNCC1O)c1ccc(-c2ncon2)cc1. The van der Waals surface area contributed by atoms with Gasteiger partial charge >= 0.3 is 0 Å². The van der Waals surface area contributed by atoms with Crippen LogP contribution in [0.2, 0.25) is 0 Å². The number of rotatable bonds is 4. The number of amides is 1. The molecule has 1 aliphatic heterocycles. The Morgan fingerprint density at radius 1 is 1.36 bits per heavy atom. The summed E-state index contributed by atoms with van der Waals surface area (Å²) in [5.74, 6) is 0.392. The highest BCUT2D eigenvalue weighted by molar-refractivity contribution is 5.94. The van der Waals surface area contributed by atoms with E-state index in [0.717, 1.165) is 12.1 Å². The molecular formula is C14H17ClN4O3. The Morgan fingerprint density at radius 3 is 2.73 bits per heavy atom. The van der Waals surface area contributed by atoms with Crippen LogP contribution in [-0.4, -0.2) is 46.9 Å². The van der Waals surface area contributed by atoms with E-state index in [1.54, 1.807) is 24.3 Å². The predicted octanol–water partition coefficient (Wildman–Crippen LogP) is 0.468. The summed E-state index contributed by atoms with van der Waals surface area (Å²) in [4.78, 5) is 16.0. The summed E-state index contributed by atoms with van der Waals surface area (Å²) in [6.45, 7) is 1.76. The van der Waals surface area contributed by atoms with Gasteiger partial charge in [0, 0.05) is 36.7 Å². The summed E-state index contributed by atoms with van der Waals surface area (Å²) in [5, 5.41) is 19.3. The number of aromatic nitrogens is 2. The first-order chi connectivity index (χ1) is 10.2. The molecule has 22 heavy (non-hydrogen) atoms. The Kier molecular flexibility index (Phi) is 5.48. The van der Waals surface area contributed by atoms with Crippen molar-refractivity contribution >= 4 is 18.3 Å². The topological polar surface area (TPSA) is 100 Å². The number of β-amino-alcohol motifs (C(OH)–C–C–N with tert-alkyl or cyclic N) is 1. The minimum absolute atomic E-state index is 0. The van der Waals surface area contributed by atoms with Crippen molar-refractivity contribution in [2.24, 2.45) is 5.92 Å². The minimum Gasteiger partial charge on any atom is -0.391 e. The third-order valence-electron chi connectivity index (χ3n) is 3.60. The third-order valence-corrected chi connectivity index (χ3v) is 3.60. The summed E-state index contributed by atoms with van der Waals surface area (Å²) in [5.41, 5.74) is 1.35. The summed E-state index contributed by atoms with van der Waals surface area (Å²) >= 11 is 0. The normalized spacial score (nSPS) is 20.4. The highest BCUT2D eigenvalue weighted by atomic mass is 35.5. The fraction of sp³-hybridized carbons (Fsp3) is 0.357. The lowest BCUT2D eigenvalue weighted by atomic mass is 10.1. The second kappa shape index (κ2) is 7.35. The zero-order chi connectivity index (χ0) is 14.7. The molecule has 0 radical (unpaired) electrons. The fourth-order valence-corrected chi connectivity index (χ4v) is 2.32. The van der Waals surface area contributed by atoms with E-state index in [1.165, 1.54) is 6.39 Å². The Labute approximate surface area is 133 Å². The van der Waals surface area contributed by atoms with Gasteiger partial charge in [-0.25, -0.2) is 0 Å². The van der Waals surface area contributed by atoms with Crippen LogP contribution in [-0.2, 0) is 0 Å². The molecule has 1 fully saturated rings. The number of aliphatic hydroxyl groups excluding tert-OH is 1. The van der Waals surface area contributed by atoms with Gasteiger partial charge in [0.2, 0.25) is 12.2 Å². The van der Waals surface area contributed by atoms with Gasteiger partial charge in [-0.15, -0.1) is 12.4 Å². The largest absolute Gasteiger partial charge is 0.391 e.